The van der Waals surface area contributed by atoms with Crippen molar-refractivity contribution in [3.8, 4) is 5.75 Å². The molecule has 1 rings (SSSR count). The van der Waals surface area contributed by atoms with Gasteiger partial charge in [-0.2, -0.15) is 0 Å². The predicted molar refractivity (Wildman–Crippen MR) is 57.0 cm³/mol. The summed E-state index contributed by atoms with van der Waals surface area (Å²) >= 11 is 11.2. The molecule has 4 heteroatoms. The molecule has 1 aromatic carbocycles. The van der Waals surface area contributed by atoms with Crippen molar-refractivity contribution in [3.63, 3.8) is 0 Å². The van der Waals surface area contributed by atoms with Crippen LogP contribution in [0.25, 0.3) is 0 Å². The maximum absolute atomic E-state index is 10.9. The minimum atomic E-state index is -0.628. The molecular formula is C10H10Cl2O2. The summed E-state index contributed by atoms with van der Waals surface area (Å²) in [5.41, 5.74) is 0. The fourth-order valence-corrected chi connectivity index (χ4v) is 1.36. The van der Waals surface area contributed by atoms with Crippen LogP contribution in [0.1, 0.15) is 13.3 Å². The van der Waals surface area contributed by atoms with Gasteiger partial charge in [0, 0.05) is 0 Å². The fraction of sp³-hybridized carbons (Fsp3) is 0.300. The molecule has 0 fully saturated rings. The van der Waals surface area contributed by atoms with Crippen molar-refractivity contribution in [2.45, 2.75) is 19.4 Å². The van der Waals surface area contributed by atoms with Crippen molar-refractivity contribution >= 4 is 28.4 Å². The Morgan fingerprint density at radius 1 is 1.50 bits per heavy atom. The van der Waals surface area contributed by atoms with Gasteiger partial charge >= 0.3 is 0 Å². The lowest BCUT2D eigenvalue weighted by atomic mass is 10.3. The predicted octanol–water partition coefficient (Wildman–Crippen LogP) is 3.26. The van der Waals surface area contributed by atoms with Gasteiger partial charge in [0.1, 0.15) is 5.75 Å². The second-order valence-corrected chi connectivity index (χ2v) is 3.53. The summed E-state index contributed by atoms with van der Waals surface area (Å²) in [6, 6.07) is 6.97. The van der Waals surface area contributed by atoms with Crippen LogP contribution >= 0.6 is 23.2 Å². The normalized spacial score (nSPS) is 12.2. The first-order valence-corrected chi connectivity index (χ1v) is 5.01. The van der Waals surface area contributed by atoms with Crippen molar-refractivity contribution < 1.29 is 9.53 Å². The van der Waals surface area contributed by atoms with E-state index in [-0.39, 0.29) is 0 Å². The van der Waals surface area contributed by atoms with Gasteiger partial charge in [0.15, 0.2) is 6.10 Å². The second kappa shape index (κ2) is 5.23. The molecule has 0 aliphatic rings. The lowest BCUT2D eigenvalue weighted by Crippen LogP contribution is -2.22. The van der Waals surface area contributed by atoms with Crippen molar-refractivity contribution in [3.05, 3.63) is 29.3 Å². The topological polar surface area (TPSA) is 26.3 Å². The molecular weight excluding hydrogens is 223 g/mol. The Balaban J connectivity index is 2.77. The monoisotopic (exact) mass is 232 g/mol. The molecule has 14 heavy (non-hydrogen) atoms. The average molecular weight is 233 g/mol. The maximum Gasteiger partial charge on any atom is 0.262 e. The van der Waals surface area contributed by atoms with Crippen molar-refractivity contribution in [1.29, 1.82) is 0 Å². The number of rotatable bonds is 4. The smallest absolute Gasteiger partial charge is 0.262 e. The lowest BCUT2D eigenvalue weighted by molar-refractivity contribution is -0.117. The summed E-state index contributed by atoms with van der Waals surface area (Å²) in [5.74, 6) is 0.481. The number of halogens is 2. The number of hydrogen-bond donors (Lipinski definition) is 0. The Bertz CT molecular complexity index is 326. The van der Waals surface area contributed by atoms with E-state index in [4.69, 9.17) is 27.9 Å². The van der Waals surface area contributed by atoms with Crippen LogP contribution < -0.4 is 4.74 Å². The second-order valence-electron chi connectivity index (χ2n) is 2.75. The van der Waals surface area contributed by atoms with Crippen LogP contribution in [0.3, 0.4) is 0 Å². The summed E-state index contributed by atoms with van der Waals surface area (Å²) < 4.78 is 5.34. The Kier molecular flexibility index (Phi) is 4.23. The first-order chi connectivity index (χ1) is 6.65. The van der Waals surface area contributed by atoms with Gasteiger partial charge in [-0.15, -0.1) is 0 Å². The van der Waals surface area contributed by atoms with Gasteiger partial charge in [-0.05, 0) is 30.2 Å². The quantitative estimate of drug-likeness (QED) is 0.746. The van der Waals surface area contributed by atoms with E-state index in [1.54, 1.807) is 24.3 Å². The van der Waals surface area contributed by atoms with E-state index in [2.05, 4.69) is 0 Å². The Morgan fingerprint density at radius 3 is 2.64 bits per heavy atom. The summed E-state index contributed by atoms with van der Waals surface area (Å²) in [6.07, 6.45) is -0.107. The molecule has 0 spiro atoms. The minimum absolute atomic E-state index is 0.476. The summed E-state index contributed by atoms with van der Waals surface area (Å²) in [4.78, 5) is 10.9. The largest absolute Gasteiger partial charge is 0.480 e. The molecule has 76 valence electrons. The average Bonchev–Trinajstić information content (AvgIpc) is 2.16. The molecule has 0 N–H and O–H groups in total. The van der Waals surface area contributed by atoms with E-state index < -0.39 is 11.3 Å². The van der Waals surface area contributed by atoms with Gasteiger partial charge in [-0.25, -0.2) is 0 Å². The zero-order valence-corrected chi connectivity index (χ0v) is 9.18. The minimum Gasteiger partial charge on any atom is -0.480 e. The summed E-state index contributed by atoms with van der Waals surface area (Å²) in [7, 11) is 0. The van der Waals surface area contributed by atoms with E-state index in [0.717, 1.165) is 0 Å². The van der Waals surface area contributed by atoms with Crippen LogP contribution in [-0.4, -0.2) is 11.3 Å². The number of para-hydroxylation sites is 1. The lowest BCUT2D eigenvalue weighted by Gasteiger charge is -2.13. The molecule has 0 saturated carbocycles. The van der Waals surface area contributed by atoms with E-state index in [9.17, 15) is 4.79 Å². The SMILES string of the molecule is CC[C@@H](Oc1ccccc1Cl)C(=O)Cl. The molecule has 0 bridgehead atoms. The van der Waals surface area contributed by atoms with Crippen LogP contribution in [0.5, 0.6) is 5.75 Å². The van der Waals surface area contributed by atoms with E-state index >= 15 is 0 Å². The van der Waals surface area contributed by atoms with Crippen molar-refractivity contribution in [1.82, 2.24) is 0 Å². The summed E-state index contributed by atoms with van der Waals surface area (Å²) in [5, 5.41) is -0.0312. The van der Waals surface area contributed by atoms with Gasteiger partial charge in [-0.3, -0.25) is 4.79 Å². The standard InChI is InChI=1S/C10H10Cl2O2/c1-2-8(10(12)13)14-9-6-4-3-5-7(9)11/h3-6,8H,2H2,1H3/t8-/m1/s1. The number of carbonyl (C=O) groups is 1. The van der Waals surface area contributed by atoms with Crippen LogP contribution in [0.2, 0.25) is 5.02 Å². The number of benzene rings is 1. The van der Waals surface area contributed by atoms with Crippen molar-refractivity contribution in [2.75, 3.05) is 0 Å². The first kappa shape index (κ1) is 11.3. The van der Waals surface area contributed by atoms with Crippen LogP contribution in [-0.2, 0) is 4.79 Å². The highest BCUT2D eigenvalue weighted by molar-refractivity contribution is 6.64. The molecule has 0 aromatic heterocycles. The molecule has 0 heterocycles. The molecule has 0 aliphatic carbocycles. The number of carbonyl (C=O) groups excluding carboxylic acids is 1. The van der Waals surface area contributed by atoms with Gasteiger partial charge in [0.25, 0.3) is 5.24 Å². The Labute approximate surface area is 92.8 Å². The van der Waals surface area contributed by atoms with Gasteiger partial charge in [-0.1, -0.05) is 30.7 Å². The highest BCUT2D eigenvalue weighted by Gasteiger charge is 2.16. The number of ether oxygens (including phenoxy) is 1. The van der Waals surface area contributed by atoms with Gasteiger partial charge < -0.3 is 4.74 Å². The Morgan fingerprint density at radius 2 is 2.14 bits per heavy atom. The maximum atomic E-state index is 10.9. The van der Waals surface area contributed by atoms with Crippen LogP contribution in [0, 0.1) is 0 Å². The number of hydrogen-bond acceptors (Lipinski definition) is 2. The third-order valence-corrected chi connectivity index (χ3v) is 2.29. The zero-order chi connectivity index (χ0) is 10.6. The first-order valence-electron chi connectivity index (χ1n) is 4.25. The van der Waals surface area contributed by atoms with Gasteiger partial charge in [0.05, 0.1) is 5.02 Å². The van der Waals surface area contributed by atoms with Crippen molar-refractivity contribution in [2.24, 2.45) is 0 Å². The molecule has 1 atom stereocenters. The van der Waals surface area contributed by atoms with E-state index in [1.807, 2.05) is 6.92 Å². The fourth-order valence-electron chi connectivity index (χ4n) is 0.984. The zero-order valence-electron chi connectivity index (χ0n) is 7.67. The molecule has 1 aromatic rings. The van der Waals surface area contributed by atoms with E-state index in [1.165, 1.54) is 0 Å². The highest BCUT2D eigenvalue weighted by Crippen LogP contribution is 2.25. The van der Waals surface area contributed by atoms with E-state index in [0.29, 0.717) is 17.2 Å². The molecule has 0 radical (unpaired) electrons. The van der Waals surface area contributed by atoms with Crippen LogP contribution in [0.4, 0.5) is 0 Å². The third-order valence-electron chi connectivity index (χ3n) is 1.73. The Hall–Kier alpha value is -0.730. The van der Waals surface area contributed by atoms with Gasteiger partial charge in [0.2, 0.25) is 0 Å². The van der Waals surface area contributed by atoms with Crippen LogP contribution in [0.15, 0.2) is 24.3 Å². The highest BCUT2D eigenvalue weighted by atomic mass is 35.5. The molecule has 0 amide bonds. The summed E-state index contributed by atoms with van der Waals surface area (Å²) in [6.45, 7) is 1.82. The molecule has 0 aliphatic heterocycles. The molecule has 0 saturated heterocycles. The molecule has 0 unspecified atom stereocenters. The third kappa shape index (κ3) is 2.89. The molecule has 2 nitrogen and oxygen atoms in total.